The van der Waals surface area contributed by atoms with Gasteiger partial charge in [0.1, 0.15) is 16.9 Å². The van der Waals surface area contributed by atoms with Gasteiger partial charge in [-0.25, -0.2) is 0 Å². The molecule has 2 aliphatic rings. The van der Waals surface area contributed by atoms with Gasteiger partial charge in [0.25, 0.3) is 5.91 Å². The molecule has 3 heterocycles. The lowest BCUT2D eigenvalue weighted by Crippen LogP contribution is -2.38. The SMILES string of the molecule is CCN1CCc2c(sc3c2C(=O)N[C@H](c2ccc(OC)cc2)N3)C1. The molecule has 2 N–H and O–H groups in total. The van der Waals surface area contributed by atoms with E-state index in [-0.39, 0.29) is 12.1 Å². The van der Waals surface area contributed by atoms with Crippen LogP contribution in [0.2, 0.25) is 0 Å². The van der Waals surface area contributed by atoms with Gasteiger partial charge in [0, 0.05) is 18.0 Å². The molecule has 2 aromatic rings. The number of carbonyl (C=O) groups is 1. The molecule has 0 unspecified atom stereocenters. The van der Waals surface area contributed by atoms with Crippen LogP contribution in [0.25, 0.3) is 0 Å². The number of hydrogen-bond donors (Lipinski definition) is 2. The Kier molecular flexibility index (Phi) is 3.94. The lowest BCUT2D eigenvalue weighted by Gasteiger charge is -2.28. The van der Waals surface area contributed by atoms with Crippen molar-refractivity contribution in [3.63, 3.8) is 0 Å². The minimum atomic E-state index is -0.196. The monoisotopic (exact) mass is 343 g/mol. The Bertz CT molecular complexity index is 769. The van der Waals surface area contributed by atoms with Crippen molar-refractivity contribution in [3.8, 4) is 5.75 Å². The fraction of sp³-hybridized carbons (Fsp3) is 0.389. The Balaban J connectivity index is 1.63. The third-order valence-corrected chi connectivity index (χ3v) is 5.96. The molecule has 5 nitrogen and oxygen atoms in total. The third kappa shape index (κ3) is 2.56. The largest absolute Gasteiger partial charge is 0.497 e. The summed E-state index contributed by atoms with van der Waals surface area (Å²) in [5.74, 6) is 0.847. The molecule has 1 aromatic heterocycles. The summed E-state index contributed by atoms with van der Waals surface area (Å²) in [4.78, 5) is 16.4. The number of hydrogen-bond acceptors (Lipinski definition) is 5. The van der Waals surface area contributed by atoms with Crippen molar-refractivity contribution in [1.29, 1.82) is 0 Å². The van der Waals surface area contributed by atoms with E-state index in [1.165, 1.54) is 10.4 Å². The van der Waals surface area contributed by atoms with Gasteiger partial charge in [-0.3, -0.25) is 9.69 Å². The predicted molar refractivity (Wildman–Crippen MR) is 95.8 cm³/mol. The minimum absolute atomic E-state index is 0.0343. The number of fused-ring (bicyclic) bond motifs is 3. The Morgan fingerprint density at radius 1 is 1.29 bits per heavy atom. The third-order valence-electron chi connectivity index (χ3n) is 4.81. The zero-order valence-corrected chi connectivity index (χ0v) is 14.7. The molecular weight excluding hydrogens is 322 g/mol. The standard InChI is InChI=1S/C18H21N3O2S/c1-3-21-9-8-13-14(10-21)24-18-15(13)17(22)19-16(20-18)11-4-6-12(23-2)7-5-11/h4-7,16,20H,3,8-10H2,1-2H3,(H,19,22)/t16-/m0/s1. The van der Waals surface area contributed by atoms with Crippen LogP contribution in [-0.4, -0.2) is 31.0 Å². The van der Waals surface area contributed by atoms with E-state index in [9.17, 15) is 4.79 Å². The maximum absolute atomic E-state index is 12.7. The van der Waals surface area contributed by atoms with Crippen LogP contribution in [-0.2, 0) is 13.0 Å². The van der Waals surface area contributed by atoms with Gasteiger partial charge in [-0.2, -0.15) is 0 Å². The molecule has 0 saturated carbocycles. The highest BCUT2D eigenvalue weighted by atomic mass is 32.1. The number of rotatable bonds is 3. The Morgan fingerprint density at radius 3 is 2.79 bits per heavy atom. The van der Waals surface area contributed by atoms with E-state index >= 15 is 0 Å². The first kappa shape index (κ1) is 15.5. The molecule has 4 rings (SSSR count). The van der Waals surface area contributed by atoms with Gasteiger partial charge in [0.15, 0.2) is 0 Å². The van der Waals surface area contributed by atoms with Gasteiger partial charge in [0.05, 0.1) is 12.7 Å². The van der Waals surface area contributed by atoms with E-state index in [0.717, 1.165) is 47.9 Å². The molecule has 126 valence electrons. The van der Waals surface area contributed by atoms with Gasteiger partial charge in [0.2, 0.25) is 0 Å². The second-order valence-corrected chi connectivity index (χ2v) is 7.26. The van der Waals surface area contributed by atoms with Crippen molar-refractivity contribution in [2.45, 2.75) is 26.1 Å². The van der Waals surface area contributed by atoms with Crippen molar-refractivity contribution >= 4 is 22.2 Å². The van der Waals surface area contributed by atoms with E-state index in [4.69, 9.17) is 4.74 Å². The molecule has 24 heavy (non-hydrogen) atoms. The first-order valence-electron chi connectivity index (χ1n) is 8.28. The van der Waals surface area contributed by atoms with Gasteiger partial charge >= 0.3 is 0 Å². The van der Waals surface area contributed by atoms with Crippen LogP contribution in [0.1, 0.15) is 39.5 Å². The number of likely N-dealkylation sites (N-methyl/N-ethyl adjacent to an activating group) is 1. The molecule has 1 atom stereocenters. The second kappa shape index (κ2) is 6.11. The van der Waals surface area contributed by atoms with Crippen LogP contribution in [0, 0.1) is 0 Å². The molecule has 0 aliphatic carbocycles. The first-order valence-corrected chi connectivity index (χ1v) is 9.09. The summed E-state index contributed by atoms with van der Waals surface area (Å²) in [7, 11) is 1.65. The van der Waals surface area contributed by atoms with Crippen molar-refractivity contribution in [1.82, 2.24) is 10.2 Å². The van der Waals surface area contributed by atoms with Crippen molar-refractivity contribution in [3.05, 3.63) is 45.8 Å². The lowest BCUT2D eigenvalue weighted by atomic mass is 10.0. The van der Waals surface area contributed by atoms with E-state index in [1.807, 2.05) is 24.3 Å². The Labute approximate surface area is 145 Å². The van der Waals surface area contributed by atoms with E-state index < -0.39 is 0 Å². The summed E-state index contributed by atoms with van der Waals surface area (Å²) in [6, 6.07) is 7.79. The number of thiophene rings is 1. The molecule has 0 saturated heterocycles. The normalized spacial score (nSPS) is 19.9. The average molecular weight is 343 g/mol. The molecule has 6 heteroatoms. The number of carbonyl (C=O) groups excluding carboxylic acids is 1. The topological polar surface area (TPSA) is 53.6 Å². The highest BCUT2D eigenvalue weighted by Crippen LogP contribution is 2.40. The maximum atomic E-state index is 12.7. The molecule has 0 bridgehead atoms. The molecular formula is C18H21N3O2S. The van der Waals surface area contributed by atoms with Crippen LogP contribution >= 0.6 is 11.3 Å². The van der Waals surface area contributed by atoms with Crippen LogP contribution in [0.3, 0.4) is 0 Å². The molecule has 0 fully saturated rings. The Hall–Kier alpha value is -2.05. The summed E-state index contributed by atoms with van der Waals surface area (Å²) < 4.78 is 5.20. The maximum Gasteiger partial charge on any atom is 0.256 e. The van der Waals surface area contributed by atoms with Crippen LogP contribution in [0.5, 0.6) is 5.75 Å². The second-order valence-electron chi connectivity index (χ2n) is 6.15. The zero-order chi connectivity index (χ0) is 16.7. The lowest BCUT2D eigenvalue weighted by molar-refractivity contribution is 0.0934. The summed E-state index contributed by atoms with van der Waals surface area (Å²) in [6.07, 6.45) is 0.760. The summed E-state index contributed by atoms with van der Waals surface area (Å²) in [5.41, 5.74) is 3.12. The smallest absolute Gasteiger partial charge is 0.256 e. The number of methoxy groups -OCH3 is 1. The summed E-state index contributed by atoms with van der Waals surface area (Å²) >= 11 is 1.73. The number of nitrogens with one attached hydrogen (secondary N) is 2. The van der Waals surface area contributed by atoms with E-state index in [1.54, 1.807) is 18.4 Å². The number of amides is 1. The Morgan fingerprint density at radius 2 is 2.08 bits per heavy atom. The minimum Gasteiger partial charge on any atom is -0.497 e. The number of ether oxygens (including phenoxy) is 1. The molecule has 1 aromatic carbocycles. The molecule has 1 amide bonds. The van der Waals surface area contributed by atoms with Crippen molar-refractivity contribution in [2.24, 2.45) is 0 Å². The van der Waals surface area contributed by atoms with Crippen LogP contribution < -0.4 is 15.4 Å². The van der Waals surface area contributed by atoms with E-state index in [2.05, 4.69) is 22.5 Å². The summed E-state index contributed by atoms with van der Waals surface area (Å²) in [6.45, 7) is 5.22. The van der Waals surface area contributed by atoms with E-state index in [0.29, 0.717) is 0 Å². The number of nitrogens with zero attached hydrogens (tertiary/aromatic N) is 1. The molecule has 0 spiro atoms. The highest BCUT2D eigenvalue weighted by Gasteiger charge is 2.33. The van der Waals surface area contributed by atoms with Crippen molar-refractivity contribution < 1.29 is 9.53 Å². The predicted octanol–water partition coefficient (Wildman–Crippen LogP) is 2.99. The van der Waals surface area contributed by atoms with Crippen LogP contribution in [0.15, 0.2) is 24.3 Å². The fourth-order valence-corrected chi connectivity index (χ4v) is 4.72. The van der Waals surface area contributed by atoms with Gasteiger partial charge < -0.3 is 15.4 Å². The quantitative estimate of drug-likeness (QED) is 0.900. The molecule has 0 radical (unpaired) electrons. The fourth-order valence-electron chi connectivity index (χ4n) is 3.40. The highest BCUT2D eigenvalue weighted by molar-refractivity contribution is 7.16. The molecule has 2 aliphatic heterocycles. The van der Waals surface area contributed by atoms with Crippen molar-refractivity contribution in [2.75, 3.05) is 25.5 Å². The zero-order valence-electron chi connectivity index (χ0n) is 13.9. The van der Waals surface area contributed by atoms with Crippen LogP contribution in [0.4, 0.5) is 5.00 Å². The van der Waals surface area contributed by atoms with Gasteiger partial charge in [-0.1, -0.05) is 19.1 Å². The van der Waals surface area contributed by atoms with Gasteiger partial charge in [-0.05, 0) is 36.2 Å². The number of anilines is 1. The average Bonchev–Trinajstić information content (AvgIpc) is 2.99. The van der Waals surface area contributed by atoms with Gasteiger partial charge in [-0.15, -0.1) is 11.3 Å². The number of benzene rings is 1. The summed E-state index contributed by atoms with van der Waals surface area (Å²) in [5, 5.41) is 7.59. The first-order chi connectivity index (χ1) is 11.7.